The number of aromatic amines is 1. The number of ether oxygens (including phenoxy) is 3. The number of fused-ring (bicyclic) bond motifs is 1. The summed E-state index contributed by atoms with van der Waals surface area (Å²) in [5.41, 5.74) is 2.21. The number of aromatic nitrogens is 2. The first-order valence-corrected chi connectivity index (χ1v) is 11.0. The molecular formula is C24H24F2N4O4. The van der Waals surface area contributed by atoms with Crippen LogP contribution in [-0.4, -0.2) is 55.5 Å². The van der Waals surface area contributed by atoms with Gasteiger partial charge in [-0.15, -0.1) is 0 Å². The average molecular weight is 470 g/mol. The van der Waals surface area contributed by atoms with Crippen LogP contribution in [0, 0.1) is 11.6 Å². The van der Waals surface area contributed by atoms with E-state index in [4.69, 9.17) is 14.2 Å². The summed E-state index contributed by atoms with van der Waals surface area (Å²) in [6.07, 6.45) is 3.06. The largest absolute Gasteiger partial charge is 0.492 e. The van der Waals surface area contributed by atoms with Gasteiger partial charge in [-0.05, 0) is 24.6 Å². The van der Waals surface area contributed by atoms with Gasteiger partial charge in [0.25, 0.3) is 5.91 Å². The molecule has 178 valence electrons. The lowest BCUT2D eigenvalue weighted by Crippen LogP contribution is -2.38. The normalized spacial score (nSPS) is 19.9. The van der Waals surface area contributed by atoms with Crippen molar-refractivity contribution in [1.82, 2.24) is 15.3 Å². The standard InChI is InChI=1S/C24H24F2N4O4/c1-32-23-16(25)3-2-4-18(23)29-22-19-20(30-21(22)15-5-6-27-11-17(15)26)13(10-28-24(19)31)9-14-12-33-7-8-34-14/h2-6,11,13-14,29-30H,7-10,12H2,1H3,(H,28,31). The van der Waals surface area contributed by atoms with E-state index in [1.807, 2.05) is 0 Å². The van der Waals surface area contributed by atoms with Crippen molar-refractivity contribution in [3.8, 4) is 17.0 Å². The number of carbonyl (C=O) groups excluding carboxylic acids is 1. The van der Waals surface area contributed by atoms with Crippen molar-refractivity contribution in [2.75, 3.05) is 38.8 Å². The Morgan fingerprint density at radius 2 is 2.12 bits per heavy atom. The van der Waals surface area contributed by atoms with Crippen LogP contribution >= 0.6 is 0 Å². The summed E-state index contributed by atoms with van der Waals surface area (Å²) in [6.45, 7) is 1.94. The predicted molar refractivity (Wildman–Crippen MR) is 120 cm³/mol. The number of para-hydroxylation sites is 1. The summed E-state index contributed by atoms with van der Waals surface area (Å²) in [6, 6.07) is 5.94. The Balaban J connectivity index is 1.63. The van der Waals surface area contributed by atoms with E-state index in [2.05, 4.69) is 20.6 Å². The van der Waals surface area contributed by atoms with Crippen LogP contribution < -0.4 is 15.4 Å². The first kappa shape index (κ1) is 22.3. The van der Waals surface area contributed by atoms with Gasteiger partial charge in [0.2, 0.25) is 0 Å². The van der Waals surface area contributed by atoms with Crippen molar-refractivity contribution < 1.29 is 27.8 Å². The lowest BCUT2D eigenvalue weighted by molar-refractivity contribution is -0.0928. The lowest BCUT2D eigenvalue weighted by atomic mass is 9.91. The first-order chi connectivity index (χ1) is 16.6. The summed E-state index contributed by atoms with van der Waals surface area (Å²) in [7, 11) is 1.36. The Morgan fingerprint density at radius 1 is 1.24 bits per heavy atom. The molecule has 0 saturated carbocycles. The molecule has 2 aliphatic heterocycles. The summed E-state index contributed by atoms with van der Waals surface area (Å²) < 4.78 is 45.7. The molecular weight excluding hydrogens is 446 g/mol. The van der Waals surface area contributed by atoms with Gasteiger partial charge < -0.3 is 29.8 Å². The molecule has 8 nitrogen and oxygen atoms in total. The SMILES string of the molecule is COc1c(F)cccc1Nc1c(-c2ccncc2F)[nH]c2c1C(=O)NCC2CC1COCCO1. The van der Waals surface area contributed by atoms with Gasteiger partial charge in [-0.1, -0.05) is 6.07 Å². The highest BCUT2D eigenvalue weighted by Gasteiger charge is 2.35. The second kappa shape index (κ2) is 9.40. The number of pyridine rings is 1. The number of amides is 1. The van der Waals surface area contributed by atoms with Crippen LogP contribution in [0.25, 0.3) is 11.3 Å². The van der Waals surface area contributed by atoms with Crippen LogP contribution in [0.1, 0.15) is 28.4 Å². The van der Waals surface area contributed by atoms with Gasteiger partial charge in [-0.2, -0.15) is 0 Å². The maximum absolute atomic E-state index is 14.8. The monoisotopic (exact) mass is 470 g/mol. The molecule has 4 heterocycles. The number of anilines is 2. The van der Waals surface area contributed by atoms with Crippen LogP contribution in [0.15, 0.2) is 36.7 Å². The van der Waals surface area contributed by atoms with Gasteiger partial charge >= 0.3 is 0 Å². The molecule has 10 heteroatoms. The third kappa shape index (κ3) is 4.10. The average Bonchev–Trinajstić information content (AvgIpc) is 3.22. The van der Waals surface area contributed by atoms with Crippen molar-refractivity contribution >= 4 is 17.3 Å². The summed E-state index contributed by atoms with van der Waals surface area (Å²) in [4.78, 5) is 20.2. The van der Waals surface area contributed by atoms with Gasteiger partial charge in [-0.25, -0.2) is 8.78 Å². The molecule has 3 N–H and O–H groups in total. The predicted octanol–water partition coefficient (Wildman–Crippen LogP) is 3.74. The fourth-order valence-electron chi connectivity index (χ4n) is 4.51. The summed E-state index contributed by atoms with van der Waals surface area (Å²) >= 11 is 0. The Bertz CT molecular complexity index is 1210. The van der Waals surface area contributed by atoms with Gasteiger partial charge in [-0.3, -0.25) is 9.78 Å². The van der Waals surface area contributed by atoms with E-state index < -0.39 is 11.6 Å². The van der Waals surface area contributed by atoms with Crippen LogP contribution in [0.3, 0.4) is 0 Å². The molecule has 1 aromatic carbocycles. The Labute approximate surface area is 194 Å². The molecule has 0 spiro atoms. The molecule has 0 radical (unpaired) electrons. The number of H-pyrrole nitrogens is 1. The zero-order chi connectivity index (χ0) is 23.7. The number of carbonyl (C=O) groups is 1. The van der Waals surface area contributed by atoms with E-state index in [1.165, 1.54) is 31.5 Å². The van der Waals surface area contributed by atoms with Crippen molar-refractivity contribution in [3.05, 3.63) is 59.6 Å². The molecule has 34 heavy (non-hydrogen) atoms. The lowest BCUT2D eigenvalue weighted by Gasteiger charge is -2.29. The number of nitrogens with one attached hydrogen (secondary N) is 3. The van der Waals surface area contributed by atoms with Gasteiger partial charge in [0.05, 0.1) is 61.9 Å². The van der Waals surface area contributed by atoms with E-state index in [0.717, 1.165) is 6.20 Å². The highest BCUT2D eigenvalue weighted by atomic mass is 19.1. The molecule has 2 aromatic heterocycles. The maximum Gasteiger partial charge on any atom is 0.255 e. The molecule has 3 aromatic rings. The Morgan fingerprint density at radius 3 is 2.88 bits per heavy atom. The third-order valence-electron chi connectivity index (χ3n) is 6.08. The smallest absolute Gasteiger partial charge is 0.255 e. The minimum atomic E-state index is -0.565. The minimum absolute atomic E-state index is 0.0147. The highest BCUT2D eigenvalue weighted by molar-refractivity contribution is 6.06. The molecule has 2 unspecified atom stereocenters. The molecule has 1 saturated heterocycles. The number of hydrogen-bond donors (Lipinski definition) is 3. The number of hydrogen-bond acceptors (Lipinski definition) is 6. The zero-order valence-corrected chi connectivity index (χ0v) is 18.5. The van der Waals surface area contributed by atoms with Crippen molar-refractivity contribution in [2.45, 2.75) is 18.4 Å². The summed E-state index contributed by atoms with van der Waals surface area (Å²) in [5.74, 6) is -1.57. The Kier molecular flexibility index (Phi) is 6.16. The van der Waals surface area contributed by atoms with E-state index in [9.17, 15) is 13.6 Å². The van der Waals surface area contributed by atoms with E-state index in [1.54, 1.807) is 6.07 Å². The number of nitrogens with zero attached hydrogens (tertiary/aromatic N) is 1. The second-order valence-corrected chi connectivity index (χ2v) is 8.18. The van der Waals surface area contributed by atoms with Crippen LogP contribution in [0.4, 0.5) is 20.2 Å². The summed E-state index contributed by atoms with van der Waals surface area (Å²) in [5, 5.41) is 6.04. The quantitative estimate of drug-likeness (QED) is 0.508. The molecule has 2 atom stereocenters. The molecule has 0 bridgehead atoms. The van der Waals surface area contributed by atoms with E-state index in [0.29, 0.717) is 61.1 Å². The second-order valence-electron chi connectivity index (χ2n) is 8.18. The van der Waals surface area contributed by atoms with Gasteiger partial charge in [0.15, 0.2) is 17.4 Å². The molecule has 2 aliphatic rings. The fraction of sp³-hybridized carbons (Fsp3) is 0.333. The zero-order valence-electron chi connectivity index (χ0n) is 18.5. The van der Waals surface area contributed by atoms with Crippen LogP contribution in [-0.2, 0) is 9.47 Å². The Hall–Kier alpha value is -3.50. The molecule has 5 rings (SSSR count). The van der Waals surface area contributed by atoms with Crippen molar-refractivity contribution in [1.29, 1.82) is 0 Å². The van der Waals surface area contributed by atoms with Gasteiger partial charge in [0.1, 0.15) is 0 Å². The topological polar surface area (TPSA) is 97.5 Å². The van der Waals surface area contributed by atoms with Gasteiger partial charge in [0, 0.05) is 29.9 Å². The van der Waals surface area contributed by atoms with Crippen LogP contribution in [0.5, 0.6) is 5.75 Å². The number of methoxy groups -OCH3 is 1. The number of halogens is 2. The number of benzene rings is 1. The van der Waals surface area contributed by atoms with Crippen molar-refractivity contribution in [3.63, 3.8) is 0 Å². The highest BCUT2D eigenvalue weighted by Crippen LogP contribution is 2.43. The molecule has 1 amide bonds. The number of rotatable bonds is 6. The third-order valence-corrected chi connectivity index (χ3v) is 6.08. The van der Waals surface area contributed by atoms with Crippen LogP contribution in [0.2, 0.25) is 0 Å². The van der Waals surface area contributed by atoms with E-state index >= 15 is 0 Å². The maximum atomic E-state index is 14.8. The minimum Gasteiger partial charge on any atom is -0.492 e. The molecule has 1 fully saturated rings. The van der Waals surface area contributed by atoms with Crippen molar-refractivity contribution in [2.24, 2.45) is 0 Å². The molecule has 0 aliphatic carbocycles. The fourth-order valence-corrected chi connectivity index (χ4v) is 4.51. The van der Waals surface area contributed by atoms with E-state index in [-0.39, 0.29) is 29.2 Å². The first-order valence-electron chi connectivity index (χ1n) is 11.0.